The summed E-state index contributed by atoms with van der Waals surface area (Å²) in [6.45, 7) is 9.37. The Balaban J connectivity index is 1.80. The van der Waals surface area contributed by atoms with E-state index in [-0.39, 0.29) is 0 Å². The van der Waals surface area contributed by atoms with Crippen LogP contribution in [0.1, 0.15) is 43.4 Å². The van der Waals surface area contributed by atoms with E-state index in [1.165, 1.54) is 31.4 Å². The molecule has 1 aromatic carbocycles. The lowest BCUT2D eigenvalue weighted by molar-refractivity contribution is 0.198. The van der Waals surface area contributed by atoms with E-state index < -0.39 is 0 Å². The number of likely N-dealkylation sites (tertiary alicyclic amines) is 1. The molecular weight excluding hydrogens is 232 g/mol. The fourth-order valence-electron chi connectivity index (χ4n) is 3.78. The highest BCUT2D eigenvalue weighted by Gasteiger charge is 2.27. The SMILES string of the molecule is CC(C)C1CCCN1Cc1cccc2c1CCNC2. The largest absolute Gasteiger partial charge is 0.312 e. The van der Waals surface area contributed by atoms with Gasteiger partial charge in [0.25, 0.3) is 0 Å². The molecule has 1 unspecified atom stereocenters. The molecule has 19 heavy (non-hydrogen) atoms. The third-order valence-electron chi connectivity index (χ3n) is 4.79. The average Bonchev–Trinajstić information content (AvgIpc) is 2.87. The van der Waals surface area contributed by atoms with E-state index in [9.17, 15) is 0 Å². The number of hydrogen-bond donors (Lipinski definition) is 1. The Labute approximate surface area is 117 Å². The van der Waals surface area contributed by atoms with E-state index >= 15 is 0 Å². The van der Waals surface area contributed by atoms with Gasteiger partial charge in [-0.25, -0.2) is 0 Å². The summed E-state index contributed by atoms with van der Waals surface area (Å²) in [5.74, 6) is 0.781. The van der Waals surface area contributed by atoms with Crippen LogP contribution in [-0.2, 0) is 19.5 Å². The summed E-state index contributed by atoms with van der Waals surface area (Å²) in [7, 11) is 0. The minimum absolute atomic E-state index is 0.781. The van der Waals surface area contributed by atoms with Crippen molar-refractivity contribution in [3.63, 3.8) is 0 Å². The second kappa shape index (κ2) is 5.64. The first kappa shape index (κ1) is 13.1. The molecule has 2 aliphatic heterocycles. The average molecular weight is 258 g/mol. The molecule has 0 radical (unpaired) electrons. The zero-order valence-electron chi connectivity index (χ0n) is 12.3. The molecule has 1 atom stereocenters. The van der Waals surface area contributed by atoms with Gasteiger partial charge in [0, 0.05) is 19.1 Å². The lowest BCUT2D eigenvalue weighted by Gasteiger charge is -2.29. The van der Waals surface area contributed by atoms with Crippen LogP contribution in [0.3, 0.4) is 0 Å². The van der Waals surface area contributed by atoms with Crippen molar-refractivity contribution >= 4 is 0 Å². The molecule has 0 bridgehead atoms. The highest BCUT2D eigenvalue weighted by molar-refractivity contribution is 5.37. The van der Waals surface area contributed by atoms with E-state index in [1.54, 1.807) is 11.1 Å². The van der Waals surface area contributed by atoms with Crippen LogP contribution in [0.15, 0.2) is 18.2 Å². The highest BCUT2D eigenvalue weighted by Crippen LogP contribution is 2.27. The summed E-state index contributed by atoms with van der Waals surface area (Å²) in [4.78, 5) is 2.71. The van der Waals surface area contributed by atoms with E-state index in [4.69, 9.17) is 0 Å². The molecule has 2 heterocycles. The molecule has 2 nitrogen and oxygen atoms in total. The molecule has 0 saturated carbocycles. The maximum atomic E-state index is 3.48. The van der Waals surface area contributed by atoms with Crippen molar-refractivity contribution in [2.45, 2.75) is 52.2 Å². The molecule has 0 aromatic heterocycles. The van der Waals surface area contributed by atoms with Crippen LogP contribution in [0.5, 0.6) is 0 Å². The van der Waals surface area contributed by atoms with Gasteiger partial charge in [-0.1, -0.05) is 32.0 Å². The van der Waals surface area contributed by atoms with Crippen molar-refractivity contribution in [2.75, 3.05) is 13.1 Å². The van der Waals surface area contributed by atoms with Gasteiger partial charge in [-0.15, -0.1) is 0 Å². The van der Waals surface area contributed by atoms with Gasteiger partial charge < -0.3 is 5.32 Å². The summed E-state index contributed by atoms with van der Waals surface area (Å²) < 4.78 is 0. The molecule has 0 spiro atoms. The number of benzene rings is 1. The third-order valence-corrected chi connectivity index (χ3v) is 4.79. The molecule has 104 valence electrons. The number of fused-ring (bicyclic) bond motifs is 1. The van der Waals surface area contributed by atoms with Gasteiger partial charge >= 0.3 is 0 Å². The lowest BCUT2D eigenvalue weighted by atomic mass is 9.94. The van der Waals surface area contributed by atoms with Crippen molar-refractivity contribution < 1.29 is 0 Å². The van der Waals surface area contributed by atoms with Crippen molar-refractivity contribution in [1.82, 2.24) is 10.2 Å². The Hall–Kier alpha value is -0.860. The first-order valence-electron chi connectivity index (χ1n) is 7.80. The first-order chi connectivity index (χ1) is 9.25. The molecular formula is C17H26N2. The lowest BCUT2D eigenvalue weighted by Crippen LogP contribution is -2.34. The maximum Gasteiger partial charge on any atom is 0.0239 e. The second-order valence-corrected chi connectivity index (χ2v) is 6.41. The molecule has 1 fully saturated rings. The fourth-order valence-corrected chi connectivity index (χ4v) is 3.78. The van der Waals surface area contributed by atoms with Crippen LogP contribution in [0.4, 0.5) is 0 Å². The van der Waals surface area contributed by atoms with E-state index in [0.29, 0.717) is 0 Å². The molecule has 1 saturated heterocycles. The van der Waals surface area contributed by atoms with Crippen molar-refractivity contribution in [1.29, 1.82) is 0 Å². The van der Waals surface area contributed by atoms with E-state index in [0.717, 1.165) is 31.6 Å². The van der Waals surface area contributed by atoms with Gasteiger partial charge in [0.2, 0.25) is 0 Å². The Morgan fingerprint density at radius 2 is 2.26 bits per heavy atom. The highest BCUT2D eigenvalue weighted by atomic mass is 15.2. The molecule has 2 aliphatic rings. The van der Waals surface area contributed by atoms with Gasteiger partial charge in [0.1, 0.15) is 0 Å². The maximum absolute atomic E-state index is 3.48. The second-order valence-electron chi connectivity index (χ2n) is 6.41. The topological polar surface area (TPSA) is 15.3 Å². The minimum Gasteiger partial charge on any atom is -0.312 e. The van der Waals surface area contributed by atoms with Gasteiger partial charge in [0.05, 0.1) is 0 Å². The van der Waals surface area contributed by atoms with Crippen LogP contribution in [0.2, 0.25) is 0 Å². The van der Waals surface area contributed by atoms with Crippen LogP contribution in [-0.4, -0.2) is 24.0 Å². The predicted octanol–water partition coefficient (Wildman–Crippen LogP) is 2.95. The molecule has 0 amide bonds. The summed E-state index contributed by atoms with van der Waals surface area (Å²) in [5, 5.41) is 3.48. The number of rotatable bonds is 3. The van der Waals surface area contributed by atoms with Crippen molar-refractivity contribution in [3.8, 4) is 0 Å². The predicted molar refractivity (Wildman–Crippen MR) is 80.1 cm³/mol. The van der Waals surface area contributed by atoms with E-state index in [1.807, 2.05) is 0 Å². The normalized spacial score (nSPS) is 23.8. The minimum atomic E-state index is 0.781. The summed E-state index contributed by atoms with van der Waals surface area (Å²) in [5.41, 5.74) is 4.71. The quantitative estimate of drug-likeness (QED) is 0.896. The van der Waals surface area contributed by atoms with E-state index in [2.05, 4.69) is 42.3 Å². The molecule has 1 aromatic rings. The zero-order valence-corrected chi connectivity index (χ0v) is 12.3. The Morgan fingerprint density at radius 1 is 1.37 bits per heavy atom. The van der Waals surface area contributed by atoms with Crippen LogP contribution in [0.25, 0.3) is 0 Å². The van der Waals surface area contributed by atoms with Crippen molar-refractivity contribution in [2.24, 2.45) is 5.92 Å². The van der Waals surface area contributed by atoms with Crippen LogP contribution in [0, 0.1) is 5.92 Å². The van der Waals surface area contributed by atoms with Crippen LogP contribution >= 0.6 is 0 Å². The third kappa shape index (κ3) is 2.70. The van der Waals surface area contributed by atoms with Gasteiger partial charge in [0.15, 0.2) is 0 Å². The van der Waals surface area contributed by atoms with Crippen molar-refractivity contribution in [3.05, 3.63) is 34.9 Å². The molecule has 2 heteroatoms. The number of nitrogens with zero attached hydrogens (tertiary/aromatic N) is 1. The zero-order chi connectivity index (χ0) is 13.2. The summed E-state index contributed by atoms with van der Waals surface area (Å²) in [6.07, 6.45) is 3.96. The van der Waals surface area contributed by atoms with Crippen LogP contribution < -0.4 is 5.32 Å². The standard InChI is InChI=1S/C17H26N2/c1-13(2)17-7-4-10-19(17)12-15-6-3-5-14-11-18-9-8-16(14)15/h3,5-6,13,17-18H,4,7-12H2,1-2H3. The van der Waals surface area contributed by atoms with Gasteiger partial charge in [-0.05, 0) is 55.0 Å². The fraction of sp³-hybridized carbons (Fsp3) is 0.647. The molecule has 0 aliphatic carbocycles. The smallest absolute Gasteiger partial charge is 0.0239 e. The van der Waals surface area contributed by atoms with Gasteiger partial charge in [-0.3, -0.25) is 4.90 Å². The Morgan fingerprint density at radius 3 is 3.11 bits per heavy atom. The molecule has 1 N–H and O–H groups in total. The monoisotopic (exact) mass is 258 g/mol. The summed E-state index contributed by atoms with van der Waals surface area (Å²) in [6, 6.07) is 7.66. The first-order valence-corrected chi connectivity index (χ1v) is 7.80. The van der Waals surface area contributed by atoms with Gasteiger partial charge in [-0.2, -0.15) is 0 Å². The molecule has 3 rings (SSSR count). The number of nitrogens with one attached hydrogen (secondary N) is 1. The Kier molecular flexibility index (Phi) is 3.90. The summed E-state index contributed by atoms with van der Waals surface area (Å²) >= 11 is 0. The number of hydrogen-bond acceptors (Lipinski definition) is 2. The Bertz CT molecular complexity index is 439.